The van der Waals surface area contributed by atoms with Crippen molar-refractivity contribution < 1.29 is 18.0 Å². The van der Waals surface area contributed by atoms with Crippen LogP contribution in [0.5, 0.6) is 0 Å². The quantitative estimate of drug-likeness (QED) is 0.746. The summed E-state index contributed by atoms with van der Waals surface area (Å²) in [5.74, 6) is -0.291. The number of carbonyl (C=O) groups is 2. The van der Waals surface area contributed by atoms with Crippen molar-refractivity contribution in [1.82, 2.24) is 4.90 Å². The highest BCUT2D eigenvalue weighted by molar-refractivity contribution is 7.89. The van der Waals surface area contributed by atoms with Crippen molar-refractivity contribution in [3.63, 3.8) is 0 Å². The molecular weight excluding hydrogens is 410 g/mol. The number of hydrogen-bond acceptors (Lipinski definition) is 5. The summed E-state index contributed by atoms with van der Waals surface area (Å²) in [4.78, 5) is 27.4. The third kappa shape index (κ3) is 5.43. The monoisotopic (exact) mass is 437 g/mol. The summed E-state index contributed by atoms with van der Waals surface area (Å²) in [6.07, 6.45) is 0. The van der Waals surface area contributed by atoms with Crippen molar-refractivity contribution >= 4 is 38.2 Å². The first-order valence-corrected chi connectivity index (χ1v) is 11.4. The van der Waals surface area contributed by atoms with Crippen LogP contribution in [0.25, 0.3) is 0 Å². The van der Waals surface area contributed by atoms with Crippen LogP contribution in [0.1, 0.15) is 54.5 Å². The van der Waals surface area contributed by atoms with Gasteiger partial charge in [0, 0.05) is 12.5 Å². The second-order valence-electron chi connectivity index (χ2n) is 8.03. The number of amides is 2. The SMILES string of the molecule is Cc1cc(NC(=O)C(C)(C)C)sc1C(=O)N(C)[C@@H](C)c1ccc(S(N)(=O)=O)cc1. The molecule has 2 rings (SSSR count). The maximum Gasteiger partial charge on any atom is 0.264 e. The molecule has 0 spiro atoms. The number of sulfonamides is 1. The van der Waals surface area contributed by atoms with E-state index in [0.29, 0.717) is 9.88 Å². The van der Waals surface area contributed by atoms with Gasteiger partial charge in [-0.3, -0.25) is 9.59 Å². The Morgan fingerprint density at radius 3 is 2.21 bits per heavy atom. The Labute approximate surface area is 176 Å². The summed E-state index contributed by atoms with van der Waals surface area (Å²) in [6, 6.07) is 7.65. The van der Waals surface area contributed by atoms with E-state index >= 15 is 0 Å². The largest absolute Gasteiger partial charge is 0.334 e. The van der Waals surface area contributed by atoms with Crippen molar-refractivity contribution in [3.05, 3.63) is 46.3 Å². The molecule has 0 radical (unpaired) electrons. The molecule has 158 valence electrons. The fourth-order valence-corrected chi connectivity index (χ4v) is 4.12. The molecule has 0 fully saturated rings. The molecule has 1 aromatic carbocycles. The molecule has 0 aliphatic carbocycles. The Morgan fingerprint density at radius 1 is 1.17 bits per heavy atom. The Bertz CT molecular complexity index is 1020. The van der Waals surface area contributed by atoms with Crippen LogP contribution in [0.2, 0.25) is 0 Å². The van der Waals surface area contributed by atoms with E-state index in [0.717, 1.165) is 11.1 Å². The van der Waals surface area contributed by atoms with Crippen LogP contribution in [-0.4, -0.2) is 32.2 Å². The van der Waals surface area contributed by atoms with Gasteiger partial charge in [-0.25, -0.2) is 13.6 Å². The molecule has 3 N–H and O–H groups in total. The van der Waals surface area contributed by atoms with Crippen molar-refractivity contribution in [1.29, 1.82) is 0 Å². The Hall–Kier alpha value is -2.23. The average Bonchev–Trinajstić information content (AvgIpc) is 2.98. The van der Waals surface area contributed by atoms with Crippen molar-refractivity contribution in [2.45, 2.75) is 45.6 Å². The molecule has 29 heavy (non-hydrogen) atoms. The molecule has 9 heteroatoms. The van der Waals surface area contributed by atoms with Gasteiger partial charge in [0.25, 0.3) is 5.91 Å². The molecule has 0 aliphatic rings. The standard InChI is InChI=1S/C20H27N3O4S2/c1-12-11-16(22-19(25)20(3,4)5)28-17(12)18(24)23(6)13(2)14-7-9-15(10-8-14)29(21,26)27/h7-11,13H,1-6H3,(H,22,25)(H2,21,26,27)/t13-/m0/s1. The highest BCUT2D eigenvalue weighted by Crippen LogP contribution is 2.31. The number of primary sulfonamides is 1. The van der Waals surface area contributed by atoms with Gasteiger partial charge in [0.05, 0.1) is 20.8 Å². The lowest BCUT2D eigenvalue weighted by molar-refractivity contribution is -0.123. The minimum Gasteiger partial charge on any atom is -0.334 e. The zero-order chi connectivity index (χ0) is 22.1. The molecule has 7 nitrogen and oxygen atoms in total. The van der Waals surface area contributed by atoms with Gasteiger partial charge in [-0.05, 0) is 43.2 Å². The summed E-state index contributed by atoms with van der Waals surface area (Å²) in [7, 11) is -2.07. The van der Waals surface area contributed by atoms with E-state index in [1.54, 1.807) is 30.1 Å². The number of carbonyl (C=O) groups excluding carboxylic acids is 2. The van der Waals surface area contributed by atoms with E-state index in [1.807, 2.05) is 34.6 Å². The Morgan fingerprint density at radius 2 is 1.72 bits per heavy atom. The third-order valence-electron chi connectivity index (χ3n) is 4.62. The third-order valence-corrected chi connectivity index (χ3v) is 6.69. The van der Waals surface area contributed by atoms with Gasteiger partial charge in [-0.1, -0.05) is 32.9 Å². The lowest BCUT2D eigenvalue weighted by atomic mass is 9.96. The molecule has 0 bridgehead atoms. The summed E-state index contributed by atoms with van der Waals surface area (Å²) in [5, 5.41) is 8.61. The fourth-order valence-electron chi connectivity index (χ4n) is 2.55. The van der Waals surface area contributed by atoms with Crippen LogP contribution in [0.4, 0.5) is 5.00 Å². The van der Waals surface area contributed by atoms with E-state index < -0.39 is 15.4 Å². The van der Waals surface area contributed by atoms with Gasteiger partial charge in [0.15, 0.2) is 0 Å². The van der Waals surface area contributed by atoms with E-state index in [2.05, 4.69) is 5.32 Å². The number of thiophene rings is 1. The highest BCUT2D eigenvalue weighted by Gasteiger charge is 2.25. The molecule has 0 saturated carbocycles. The second kappa shape index (κ2) is 8.25. The van der Waals surface area contributed by atoms with Crippen LogP contribution in [0, 0.1) is 12.3 Å². The predicted octanol–water partition coefficient (Wildman–Crippen LogP) is 3.52. The molecular formula is C20H27N3O4S2. The zero-order valence-electron chi connectivity index (χ0n) is 17.4. The summed E-state index contributed by atoms with van der Waals surface area (Å²) < 4.78 is 22.8. The van der Waals surface area contributed by atoms with E-state index in [-0.39, 0.29) is 22.8 Å². The van der Waals surface area contributed by atoms with Gasteiger partial charge in [0.1, 0.15) is 0 Å². The minimum atomic E-state index is -3.76. The summed E-state index contributed by atoms with van der Waals surface area (Å²) >= 11 is 1.24. The first-order chi connectivity index (χ1) is 13.2. The summed E-state index contributed by atoms with van der Waals surface area (Å²) in [5.41, 5.74) is 1.04. The topological polar surface area (TPSA) is 110 Å². The number of nitrogens with one attached hydrogen (secondary N) is 1. The van der Waals surface area contributed by atoms with Gasteiger partial charge in [0.2, 0.25) is 15.9 Å². The smallest absolute Gasteiger partial charge is 0.264 e. The van der Waals surface area contributed by atoms with Crippen LogP contribution in [0.15, 0.2) is 35.2 Å². The van der Waals surface area contributed by atoms with E-state index in [1.165, 1.54) is 23.5 Å². The van der Waals surface area contributed by atoms with Crippen LogP contribution < -0.4 is 10.5 Å². The molecule has 0 saturated heterocycles. The van der Waals surface area contributed by atoms with Crippen molar-refractivity contribution in [2.24, 2.45) is 10.6 Å². The van der Waals surface area contributed by atoms with Crippen molar-refractivity contribution in [3.8, 4) is 0 Å². The number of nitrogens with two attached hydrogens (primary N) is 1. The molecule has 1 heterocycles. The number of nitrogens with zero attached hydrogens (tertiary/aromatic N) is 1. The van der Waals surface area contributed by atoms with E-state index in [4.69, 9.17) is 5.14 Å². The number of rotatable bonds is 5. The van der Waals surface area contributed by atoms with Crippen LogP contribution in [-0.2, 0) is 14.8 Å². The molecule has 1 aromatic heterocycles. The molecule has 2 aromatic rings. The lowest BCUT2D eigenvalue weighted by Gasteiger charge is -2.25. The van der Waals surface area contributed by atoms with Gasteiger partial charge >= 0.3 is 0 Å². The lowest BCUT2D eigenvalue weighted by Crippen LogP contribution is -2.29. The summed E-state index contributed by atoms with van der Waals surface area (Å²) in [6.45, 7) is 9.16. The Kier molecular flexibility index (Phi) is 6.56. The van der Waals surface area contributed by atoms with Gasteiger partial charge in [-0.15, -0.1) is 11.3 Å². The van der Waals surface area contributed by atoms with E-state index in [9.17, 15) is 18.0 Å². The molecule has 1 atom stereocenters. The normalized spacial score (nSPS) is 13.1. The fraction of sp³-hybridized carbons (Fsp3) is 0.400. The predicted molar refractivity (Wildman–Crippen MR) is 115 cm³/mol. The van der Waals surface area contributed by atoms with Gasteiger partial charge < -0.3 is 10.2 Å². The van der Waals surface area contributed by atoms with Crippen LogP contribution >= 0.6 is 11.3 Å². The minimum absolute atomic E-state index is 0.0239. The molecule has 0 aliphatic heterocycles. The molecule has 0 unspecified atom stereocenters. The van der Waals surface area contributed by atoms with Crippen molar-refractivity contribution in [2.75, 3.05) is 12.4 Å². The average molecular weight is 438 g/mol. The Balaban J connectivity index is 2.20. The first kappa shape index (κ1) is 23.1. The first-order valence-electron chi connectivity index (χ1n) is 9.03. The molecule has 2 amide bonds. The second-order valence-corrected chi connectivity index (χ2v) is 10.6. The number of hydrogen-bond donors (Lipinski definition) is 2. The van der Waals surface area contributed by atoms with Gasteiger partial charge in [-0.2, -0.15) is 0 Å². The van der Waals surface area contributed by atoms with Crippen LogP contribution in [0.3, 0.4) is 0 Å². The maximum atomic E-state index is 13.0. The number of benzene rings is 1. The number of aryl methyl sites for hydroxylation is 1. The zero-order valence-corrected chi connectivity index (χ0v) is 19.1. The highest BCUT2D eigenvalue weighted by atomic mass is 32.2. The number of anilines is 1. The maximum absolute atomic E-state index is 13.0.